The molecule has 3 rings (SSSR count). The first kappa shape index (κ1) is 16.8. The normalized spacial score (nSPS) is 32.1. The molecule has 0 spiro atoms. The first-order chi connectivity index (χ1) is 11.3. The van der Waals surface area contributed by atoms with E-state index in [1.54, 1.807) is 0 Å². The van der Waals surface area contributed by atoms with Gasteiger partial charge in [0.2, 0.25) is 5.91 Å². The predicted octanol–water partition coefficient (Wildman–Crippen LogP) is 4.07. The third-order valence-electron chi connectivity index (χ3n) is 6.71. The van der Waals surface area contributed by atoms with Gasteiger partial charge in [-0.2, -0.15) is 0 Å². The number of amides is 1. The van der Waals surface area contributed by atoms with E-state index in [1.165, 1.54) is 0 Å². The fraction of sp³-hybridized carbons (Fsp3) is 0.579. The maximum absolute atomic E-state index is 13.1. The SMILES string of the molecule is CCOc1ccc(NC(=O)C23CCC(C)(/C(=N/O)C2)C3(C)C)cc1. The lowest BCUT2D eigenvalue weighted by Gasteiger charge is -2.39. The highest BCUT2D eigenvalue weighted by Crippen LogP contribution is 2.71. The Morgan fingerprint density at radius 3 is 2.46 bits per heavy atom. The van der Waals surface area contributed by atoms with Crippen molar-refractivity contribution in [2.24, 2.45) is 21.4 Å². The number of ether oxygens (including phenoxy) is 1. The van der Waals surface area contributed by atoms with Crippen molar-refractivity contribution in [3.8, 4) is 5.75 Å². The number of anilines is 1. The van der Waals surface area contributed by atoms with Crippen molar-refractivity contribution in [3.63, 3.8) is 0 Å². The molecule has 2 atom stereocenters. The van der Waals surface area contributed by atoms with Crippen LogP contribution in [0.1, 0.15) is 47.0 Å². The molecule has 0 radical (unpaired) electrons. The summed E-state index contributed by atoms with van der Waals surface area (Å²) in [5.41, 5.74) is 0.508. The zero-order valence-electron chi connectivity index (χ0n) is 14.8. The van der Waals surface area contributed by atoms with Gasteiger partial charge in [0.15, 0.2) is 0 Å². The van der Waals surface area contributed by atoms with Gasteiger partial charge in [-0.25, -0.2) is 0 Å². The van der Waals surface area contributed by atoms with E-state index in [2.05, 4.69) is 31.2 Å². The number of hydrogen-bond donors (Lipinski definition) is 2. The summed E-state index contributed by atoms with van der Waals surface area (Å²) in [6.07, 6.45) is 2.21. The summed E-state index contributed by atoms with van der Waals surface area (Å²) in [5, 5.41) is 16.0. The summed E-state index contributed by atoms with van der Waals surface area (Å²) >= 11 is 0. The standard InChI is InChI=1S/C19H26N2O3/c1-5-24-14-8-6-13(7-9-14)20-16(22)19-11-10-18(4,17(19,2)3)15(12-19)21-23/h6-9,23H,5,10-12H2,1-4H3,(H,20,22)/b21-15+. The van der Waals surface area contributed by atoms with Crippen LogP contribution in [0.4, 0.5) is 5.69 Å². The zero-order valence-corrected chi connectivity index (χ0v) is 14.8. The maximum atomic E-state index is 13.1. The number of fused-ring (bicyclic) bond motifs is 2. The molecule has 2 bridgehead atoms. The number of benzene rings is 1. The molecule has 2 saturated carbocycles. The minimum atomic E-state index is -0.526. The number of hydrogen-bond acceptors (Lipinski definition) is 4. The Hall–Kier alpha value is -2.04. The molecule has 24 heavy (non-hydrogen) atoms. The van der Waals surface area contributed by atoms with Crippen LogP contribution in [0.3, 0.4) is 0 Å². The molecular weight excluding hydrogens is 304 g/mol. The van der Waals surface area contributed by atoms with Gasteiger partial charge >= 0.3 is 0 Å². The van der Waals surface area contributed by atoms with Gasteiger partial charge < -0.3 is 15.3 Å². The molecule has 5 heteroatoms. The van der Waals surface area contributed by atoms with Gasteiger partial charge in [-0.1, -0.05) is 25.9 Å². The Morgan fingerprint density at radius 2 is 1.92 bits per heavy atom. The lowest BCUT2D eigenvalue weighted by atomic mass is 9.64. The summed E-state index contributed by atoms with van der Waals surface area (Å²) in [6, 6.07) is 7.43. The number of carbonyl (C=O) groups is 1. The van der Waals surface area contributed by atoms with Crippen molar-refractivity contribution in [1.82, 2.24) is 0 Å². The number of oxime groups is 1. The third kappa shape index (κ3) is 2.06. The molecule has 1 aromatic rings. The Bertz CT molecular complexity index is 680. The molecule has 2 aliphatic carbocycles. The van der Waals surface area contributed by atoms with E-state index in [-0.39, 0.29) is 16.7 Å². The molecule has 0 heterocycles. The molecule has 2 N–H and O–H groups in total. The van der Waals surface area contributed by atoms with Crippen molar-refractivity contribution in [2.45, 2.75) is 47.0 Å². The van der Waals surface area contributed by atoms with Gasteiger partial charge in [0.05, 0.1) is 17.7 Å². The molecule has 2 fully saturated rings. The van der Waals surface area contributed by atoms with Crippen LogP contribution in [-0.2, 0) is 4.79 Å². The highest BCUT2D eigenvalue weighted by atomic mass is 16.5. The highest BCUT2D eigenvalue weighted by Gasteiger charge is 2.71. The Balaban J connectivity index is 1.85. The molecule has 2 aliphatic rings. The largest absolute Gasteiger partial charge is 0.494 e. The molecule has 0 saturated heterocycles. The molecule has 0 aromatic heterocycles. The first-order valence-electron chi connectivity index (χ1n) is 8.56. The fourth-order valence-electron chi connectivity index (χ4n) is 4.59. The Kier molecular flexibility index (Phi) is 3.85. The van der Waals surface area contributed by atoms with Crippen molar-refractivity contribution in [3.05, 3.63) is 24.3 Å². The van der Waals surface area contributed by atoms with E-state index < -0.39 is 5.41 Å². The van der Waals surface area contributed by atoms with Crippen LogP contribution in [0.25, 0.3) is 0 Å². The van der Waals surface area contributed by atoms with E-state index in [0.29, 0.717) is 13.0 Å². The van der Waals surface area contributed by atoms with Crippen LogP contribution in [0, 0.1) is 16.2 Å². The molecule has 5 nitrogen and oxygen atoms in total. The van der Waals surface area contributed by atoms with Gasteiger partial charge in [-0.05, 0) is 49.4 Å². The van der Waals surface area contributed by atoms with E-state index in [9.17, 15) is 10.0 Å². The summed E-state index contributed by atoms with van der Waals surface area (Å²) in [4.78, 5) is 13.1. The van der Waals surface area contributed by atoms with Gasteiger partial charge in [0.1, 0.15) is 5.75 Å². The number of nitrogens with zero attached hydrogens (tertiary/aromatic N) is 1. The lowest BCUT2D eigenvalue weighted by molar-refractivity contribution is -0.130. The third-order valence-corrected chi connectivity index (χ3v) is 6.71. The van der Waals surface area contributed by atoms with Gasteiger partial charge in [0.25, 0.3) is 0 Å². The first-order valence-corrected chi connectivity index (χ1v) is 8.56. The number of nitrogens with one attached hydrogen (secondary N) is 1. The second-order valence-corrected chi connectivity index (χ2v) is 7.67. The molecule has 2 unspecified atom stereocenters. The van der Waals surface area contributed by atoms with Crippen LogP contribution in [-0.4, -0.2) is 23.4 Å². The van der Waals surface area contributed by atoms with E-state index in [1.807, 2.05) is 31.2 Å². The summed E-state index contributed by atoms with van der Waals surface area (Å²) in [5.74, 6) is 0.803. The van der Waals surface area contributed by atoms with Gasteiger partial charge in [-0.3, -0.25) is 4.79 Å². The zero-order chi connectivity index (χ0) is 17.6. The number of carbonyl (C=O) groups excluding carboxylic acids is 1. The maximum Gasteiger partial charge on any atom is 0.231 e. The van der Waals surface area contributed by atoms with Crippen LogP contribution in [0.2, 0.25) is 0 Å². The lowest BCUT2D eigenvalue weighted by Crippen LogP contribution is -2.43. The van der Waals surface area contributed by atoms with E-state index >= 15 is 0 Å². The summed E-state index contributed by atoms with van der Waals surface area (Å²) in [6.45, 7) is 8.91. The summed E-state index contributed by atoms with van der Waals surface area (Å²) < 4.78 is 5.43. The predicted molar refractivity (Wildman–Crippen MR) is 93.6 cm³/mol. The van der Waals surface area contributed by atoms with Crippen LogP contribution >= 0.6 is 0 Å². The van der Waals surface area contributed by atoms with E-state index in [0.717, 1.165) is 30.0 Å². The van der Waals surface area contributed by atoms with Crippen molar-refractivity contribution >= 4 is 17.3 Å². The average molecular weight is 330 g/mol. The van der Waals surface area contributed by atoms with E-state index in [4.69, 9.17) is 4.74 Å². The second-order valence-electron chi connectivity index (χ2n) is 7.67. The monoisotopic (exact) mass is 330 g/mol. The topological polar surface area (TPSA) is 70.9 Å². The van der Waals surface area contributed by atoms with Crippen molar-refractivity contribution in [1.29, 1.82) is 0 Å². The fourth-order valence-corrected chi connectivity index (χ4v) is 4.59. The highest BCUT2D eigenvalue weighted by molar-refractivity contribution is 6.06. The quantitative estimate of drug-likeness (QED) is 0.646. The molecule has 1 amide bonds. The molecule has 130 valence electrons. The number of rotatable bonds is 4. The second kappa shape index (κ2) is 5.50. The van der Waals surface area contributed by atoms with Crippen molar-refractivity contribution in [2.75, 3.05) is 11.9 Å². The van der Waals surface area contributed by atoms with Crippen LogP contribution in [0.5, 0.6) is 5.75 Å². The molecular formula is C19H26N2O3. The Morgan fingerprint density at radius 1 is 1.25 bits per heavy atom. The van der Waals surface area contributed by atoms with Gasteiger partial charge in [-0.15, -0.1) is 0 Å². The average Bonchev–Trinajstić information content (AvgIpc) is 2.87. The smallest absolute Gasteiger partial charge is 0.231 e. The summed E-state index contributed by atoms with van der Waals surface area (Å²) in [7, 11) is 0. The van der Waals surface area contributed by atoms with Crippen molar-refractivity contribution < 1.29 is 14.7 Å². The molecule has 1 aromatic carbocycles. The molecule has 0 aliphatic heterocycles. The minimum Gasteiger partial charge on any atom is -0.494 e. The van der Waals surface area contributed by atoms with Crippen LogP contribution in [0.15, 0.2) is 29.4 Å². The Labute approximate surface area is 143 Å². The minimum absolute atomic E-state index is 0.0130. The van der Waals surface area contributed by atoms with Crippen LogP contribution < -0.4 is 10.1 Å². The van der Waals surface area contributed by atoms with Gasteiger partial charge in [0, 0.05) is 17.5 Å².